The van der Waals surface area contributed by atoms with E-state index in [1.807, 2.05) is 37.3 Å². The summed E-state index contributed by atoms with van der Waals surface area (Å²) in [5.74, 6) is -0.668. The van der Waals surface area contributed by atoms with E-state index in [1.165, 1.54) is 18.3 Å². The number of halogens is 3. The number of carbonyl (C=O) groups excluding carboxylic acids is 1. The van der Waals surface area contributed by atoms with Crippen molar-refractivity contribution in [2.75, 3.05) is 24.3 Å². The quantitative estimate of drug-likeness (QED) is 0.436. The fourth-order valence-corrected chi connectivity index (χ4v) is 3.57. The number of aromatic nitrogens is 3. The van der Waals surface area contributed by atoms with Gasteiger partial charge in [0.05, 0.1) is 34.1 Å². The van der Waals surface area contributed by atoms with Gasteiger partial charge in [-0.05, 0) is 31.2 Å². The summed E-state index contributed by atoms with van der Waals surface area (Å²) < 4.78 is 42.9. The number of carbonyl (C=O) groups is 1. The molecule has 2 aromatic heterocycles. The third-order valence-electron chi connectivity index (χ3n) is 5.30. The number of benzene rings is 2. The van der Waals surface area contributed by atoms with Gasteiger partial charge in [-0.3, -0.25) is 4.79 Å². The topological polar surface area (TPSA) is 63.1 Å². The summed E-state index contributed by atoms with van der Waals surface area (Å²) in [5, 5.41) is 7.20. The van der Waals surface area contributed by atoms with E-state index in [-0.39, 0.29) is 11.3 Å². The Morgan fingerprint density at radius 1 is 1.09 bits per heavy atom. The van der Waals surface area contributed by atoms with Crippen LogP contribution in [0.5, 0.6) is 0 Å². The minimum atomic E-state index is -4.63. The maximum Gasteiger partial charge on any atom is 0.418 e. The predicted octanol–water partition coefficient (Wildman–Crippen LogP) is 5.46. The van der Waals surface area contributed by atoms with Gasteiger partial charge in [0.15, 0.2) is 5.65 Å². The zero-order valence-corrected chi connectivity index (χ0v) is 18.3. The van der Waals surface area contributed by atoms with Gasteiger partial charge in [0.1, 0.15) is 0 Å². The van der Waals surface area contributed by atoms with Gasteiger partial charge in [-0.25, -0.2) is 9.67 Å². The second-order valence-electron chi connectivity index (χ2n) is 7.69. The number of anilines is 2. The van der Waals surface area contributed by atoms with Gasteiger partial charge < -0.3 is 10.2 Å². The number of alkyl halides is 3. The molecule has 0 saturated heterocycles. The molecule has 6 nitrogen and oxygen atoms in total. The van der Waals surface area contributed by atoms with Gasteiger partial charge in [0, 0.05) is 31.9 Å². The minimum absolute atomic E-state index is 0.198. The second kappa shape index (κ2) is 8.57. The van der Waals surface area contributed by atoms with Gasteiger partial charge in [-0.15, -0.1) is 0 Å². The molecule has 0 radical (unpaired) electrons. The van der Waals surface area contributed by atoms with Gasteiger partial charge in [0.2, 0.25) is 0 Å². The molecule has 0 atom stereocenters. The molecule has 170 valence electrons. The number of nitrogens with zero attached hydrogens (tertiary/aromatic N) is 4. The highest BCUT2D eigenvalue weighted by atomic mass is 19.4. The number of amides is 1. The first-order valence-corrected chi connectivity index (χ1v) is 10.3. The SMILES string of the molecule is CCn1ncc2c(C(=O)Nc3ccc(N(C)C)cc3C(F)(F)F)cc(-c3ccccc3)nc21. The molecule has 33 heavy (non-hydrogen) atoms. The summed E-state index contributed by atoms with van der Waals surface area (Å²) in [4.78, 5) is 19.5. The Balaban J connectivity index is 1.82. The molecular formula is C24H22F3N5O. The summed E-state index contributed by atoms with van der Waals surface area (Å²) in [6, 6.07) is 14.6. The number of fused-ring (bicyclic) bond motifs is 1. The Morgan fingerprint density at radius 3 is 2.45 bits per heavy atom. The Hall–Kier alpha value is -3.88. The Bertz CT molecular complexity index is 1310. The summed E-state index contributed by atoms with van der Waals surface area (Å²) in [6.45, 7) is 2.42. The number of hydrogen-bond donors (Lipinski definition) is 1. The smallest absolute Gasteiger partial charge is 0.378 e. The molecule has 1 N–H and O–H groups in total. The molecule has 1 amide bonds. The number of hydrogen-bond acceptors (Lipinski definition) is 4. The molecule has 9 heteroatoms. The number of nitrogens with one attached hydrogen (secondary N) is 1. The highest BCUT2D eigenvalue weighted by molar-refractivity contribution is 6.13. The van der Waals surface area contributed by atoms with Crippen molar-refractivity contribution in [1.29, 1.82) is 0 Å². The van der Waals surface area contributed by atoms with E-state index < -0.39 is 17.6 Å². The molecule has 4 aromatic rings. The fourth-order valence-electron chi connectivity index (χ4n) is 3.57. The van der Waals surface area contributed by atoms with Crippen LogP contribution in [-0.4, -0.2) is 34.8 Å². The fraction of sp³-hybridized carbons (Fsp3) is 0.208. The number of rotatable bonds is 5. The average molecular weight is 453 g/mol. The van der Waals surface area contributed by atoms with Crippen LogP contribution in [0, 0.1) is 0 Å². The van der Waals surface area contributed by atoms with Crippen molar-refractivity contribution >= 4 is 28.3 Å². The number of pyridine rings is 1. The zero-order valence-electron chi connectivity index (χ0n) is 18.3. The van der Waals surface area contributed by atoms with Crippen molar-refractivity contribution in [1.82, 2.24) is 14.8 Å². The van der Waals surface area contributed by atoms with Crippen LogP contribution in [0.4, 0.5) is 24.5 Å². The van der Waals surface area contributed by atoms with Crippen LogP contribution in [0.15, 0.2) is 60.8 Å². The number of aryl methyl sites for hydroxylation is 1. The summed E-state index contributed by atoms with van der Waals surface area (Å²) in [5.41, 5.74) is 1.15. The molecule has 2 heterocycles. The van der Waals surface area contributed by atoms with Crippen LogP contribution < -0.4 is 10.2 Å². The van der Waals surface area contributed by atoms with Crippen LogP contribution in [0.2, 0.25) is 0 Å². The van der Waals surface area contributed by atoms with Gasteiger partial charge in [-0.2, -0.15) is 18.3 Å². The maximum absolute atomic E-state index is 13.7. The van der Waals surface area contributed by atoms with Crippen molar-refractivity contribution in [2.45, 2.75) is 19.6 Å². The molecule has 4 rings (SSSR count). The lowest BCUT2D eigenvalue weighted by molar-refractivity contribution is -0.136. The molecule has 0 spiro atoms. The van der Waals surface area contributed by atoms with Crippen LogP contribution in [0.3, 0.4) is 0 Å². The lowest BCUT2D eigenvalue weighted by Crippen LogP contribution is -2.18. The Morgan fingerprint density at radius 2 is 1.82 bits per heavy atom. The van der Waals surface area contributed by atoms with Gasteiger partial charge >= 0.3 is 6.18 Å². The zero-order chi connectivity index (χ0) is 23.8. The van der Waals surface area contributed by atoms with Crippen molar-refractivity contribution < 1.29 is 18.0 Å². The van der Waals surface area contributed by atoms with E-state index in [1.54, 1.807) is 29.7 Å². The first-order chi connectivity index (χ1) is 15.7. The third-order valence-corrected chi connectivity index (χ3v) is 5.30. The van der Waals surface area contributed by atoms with Crippen LogP contribution in [0.1, 0.15) is 22.8 Å². The summed E-state index contributed by atoms with van der Waals surface area (Å²) in [7, 11) is 3.30. The lowest BCUT2D eigenvalue weighted by Gasteiger charge is -2.19. The first kappa shape index (κ1) is 22.3. The molecule has 0 aliphatic rings. The molecule has 0 aliphatic heterocycles. The van der Waals surface area contributed by atoms with Gasteiger partial charge in [0.25, 0.3) is 5.91 Å². The van der Waals surface area contributed by atoms with Crippen molar-refractivity contribution in [2.24, 2.45) is 0 Å². The second-order valence-corrected chi connectivity index (χ2v) is 7.69. The lowest BCUT2D eigenvalue weighted by atomic mass is 10.1. The monoisotopic (exact) mass is 453 g/mol. The summed E-state index contributed by atoms with van der Waals surface area (Å²) >= 11 is 0. The average Bonchev–Trinajstić information content (AvgIpc) is 3.21. The largest absolute Gasteiger partial charge is 0.418 e. The molecule has 0 saturated carbocycles. The Kier molecular flexibility index (Phi) is 5.80. The van der Waals surface area contributed by atoms with Crippen molar-refractivity contribution in [3.63, 3.8) is 0 Å². The molecule has 0 aliphatic carbocycles. The highest BCUT2D eigenvalue weighted by Crippen LogP contribution is 2.37. The van der Waals surface area contributed by atoms with E-state index >= 15 is 0 Å². The van der Waals surface area contributed by atoms with E-state index in [0.29, 0.717) is 29.0 Å². The Labute approximate surface area is 188 Å². The molecular weight excluding hydrogens is 431 g/mol. The minimum Gasteiger partial charge on any atom is -0.378 e. The van der Waals surface area contributed by atoms with Crippen LogP contribution in [0.25, 0.3) is 22.3 Å². The van der Waals surface area contributed by atoms with E-state index in [4.69, 9.17) is 0 Å². The predicted molar refractivity (Wildman–Crippen MR) is 122 cm³/mol. The van der Waals surface area contributed by atoms with E-state index in [0.717, 1.165) is 11.6 Å². The maximum atomic E-state index is 13.7. The first-order valence-electron chi connectivity index (χ1n) is 10.3. The van der Waals surface area contributed by atoms with E-state index in [9.17, 15) is 18.0 Å². The van der Waals surface area contributed by atoms with E-state index in [2.05, 4.69) is 15.4 Å². The van der Waals surface area contributed by atoms with Crippen LogP contribution in [-0.2, 0) is 12.7 Å². The summed E-state index contributed by atoms with van der Waals surface area (Å²) in [6.07, 6.45) is -3.13. The standard InChI is InChI=1S/C24H22F3N5O/c1-4-32-22-18(14-28-32)17(13-21(29-22)15-8-6-5-7-9-15)23(33)30-20-11-10-16(31(2)3)12-19(20)24(25,26)27/h5-14H,4H2,1-3H3,(H,30,33). The van der Waals surface area contributed by atoms with Crippen molar-refractivity contribution in [3.05, 3.63) is 71.9 Å². The molecule has 2 aromatic carbocycles. The van der Waals surface area contributed by atoms with Crippen LogP contribution >= 0.6 is 0 Å². The molecule has 0 fully saturated rings. The normalized spacial score (nSPS) is 11.6. The van der Waals surface area contributed by atoms with Gasteiger partial charge in [-0.1, -0.05) is 30.3 Å². The highest BCUT2D eigenvalue weighted by Gasteiger charge is 2.34. The molecule has 0 unspecified atom stereocenters. The van der Waals surface area contributed by atoms with Crippen molar-refractivity contribution in [3.8, 4) is 11.3 Å². The third kappa shape index (κ3) is 4.39. The molecule has 0 bridgehead atoms.